The molecule has 0 aromatic carbocycles. The Labute approximate surface area is 118 Å². The van der Waals surface area contributed by atoms with Gasteiger partial charge in [0.15, 0.2) is 5.82 Å². The van der Waals surface area contributed by atoms with Gasteiger partial charge >= 0.3 is 0 Å². The minimum Gasteiger partial charge on any atom is -0.495 e. The molecule has 0 bridgehead atoms. The number of rotatable bonds is 9. The SMILES string of the molecule is CN/C(=C/[N+](=O)[O-])NCCCCc1ncccc1OC. The molecular weight excluding hydrogens is 260 g/mol. The maximum Gasteiger partial charge on any atom is 0.274 e. The van der Waals surface area contributed by atoms with Gasteiger partial charge in [-0.1, -0.05) is 0 Å². The molecule has 0 aliphatic rings. The van der Waals surface area contributed by atoms with Gasteiger partial charge in [-0.25, -0.2) is 0 Å². The second kappa shape index (κ2) is 8.73. The molecule has 2 N–H and O–H groups in total. The number of pyridine rings is 1. The van der Waals surface area contributed by atoms with Crippen LogP contribution in [0.15, 0.2) is 30.4 Å². The first-order valence-electron chi connectivity index (χ1n) is 6.42. The van der Waals surface area contributed by atoms with E-state index in [0.29, 0.717) is 12.4 Å². The van der Waals surface area contributed by atoms with Gasteiger partial charge in [0.2, 0.25) is 0 Å². The van der Waals surface area contributed by atoms with E-state index >= 15 is 0 Å². The summed E-state index contributed by atoms with van der Waals surface area (Å²) < 4.78 is 5.23. The first-order valence-corrected chi connectivity index (χ1v) is 6.42. The lowest BCUT2D eigenvalue weighted by atomic mass is 10.1. The van der Waals surface area contributed by atoms with Crippen molar-refractivity contribution in [3.8, 4) is 5.75 Å². The van der Waals surface area contributed by atoms with Crippen molar-refractivity contribution in [3.05, 3.63) is 46.2 Å². The molecule has 0 saturated heterocycles. The lowest BCUT2D eigenvalue weighted by Crippen LogP contribution is -2.25. The first kappa shape index (κ1) is 15.7. The van der Waals surface area contributed by atoms with E-state index in [4.69, 9.17) is 4.74 Å². The fourth-order valence-electron chi connectivity index (χ4n) is 1.74. The molecule has 0 amide bonds. The van der Waals surface area contributed by atoms with E-state index in [1.54, 1.807) is 20.4 Å². The molecule has 20 heavy (non-hydrogen) atoms. The van der Waals surface area contributed by atoms with E-state index in [9.17, 15) is 10.1 Å². The summed E-state index contributed by atoms with van der Waals surface area (Å²) in [6.07, 6.45) is 5.29. The zero-order valence-corrected chi connectivity index (χ0v) is 11.8. The Morgan fingerprint density at radius 2 is 2.35 bits per heavy atom. The number of unbranched alkanes of at least 4 members (excludes halogenated alkanes) is 1. The zero-order chi connectivity index (χ0) is 14.8. The first-order chi connectivity index (χ1) is 9.67. The van der Waals surface area contributed by atoms with E-state index in [1.165, 1.54) is 0 Å². The van der Waals surface area contributed by atoms with Crippen LogP contribution in [0, 0.1) is 10.1 Å². The van der Waals surface area contributed by atoms with Crippen molar-refractivity contribution in [1.29, 1.82) is 0 Å². The Balaban J connectivity index is 2.30. The molecule has 110 valence electrons. The highest BCUT2D eigenvalue weighted by Crippen LogP contribution is 2.16. The Kier molecular flexibility index (Phi) is 6.88. The highest BCUT2D eigenvalue weighted by molar-refractivity contribution is 5.26. The summed E-state index contributed by atoms with van der Waals surface area (Å²) in [7, 11) is 3.27. The zero-order valence-electron chi connectivity index (χ0n) is 11.8. The van der Waals surface area contributed by atoms with Crippen molar-refractivity contribution in [1.82, 2.24) is 15.6 Å². The number of hydrogen-bond donors (Lipinski definition) is 2. The normalized spacial score (nSPS) is 11.0. The van der Waals surface area contributed by atoms with Crippen molar-refractivity contribution in [2.75, 3.05) is 20.7 Å². The Morgan fingerprint density at radius 3 is 3.00 bits per heavy atom. The maximum atomic E-state index is 10.3. The lowest BCUT2D eigenvalue weighted by molar-refractivity contribution is -0.404. The molecule has 1 aromatic rings. The summed E-state index contributed by atoms with van der Waals surface area (Å²) in [5.74, 6) is 1.20. The Morgan fingerprint density at radius 1 is 1.55 bits per heavy atom. The van der Waals surface area contributed by atoms with Crippen LogP contribution in [0.5, 0.6) is 5.75 Å². The molecule has 1 aromatic heterocycles. The summed E-state index contributed by atoms with van der Waals surface area (Å²) in [4.78, 5) is 14.1. The third kappa shape index (κ3) is 5.55. The van der Waals surface area contributed by atoms with Crippen molar-refractivity contribution >= 4 is 0 Å². The summed E-state index contributed by atoms with van der Waals surface area (Å²) in [6.45, 7) is 0.662. The fraction of sp³-hybridized carbons (Fsp3) is 0.462. The van der Waals surface area contributed by atoms with Gasteiger partial charge in [0.25, 0.3) is 6.20 Å². The maximum absolute atomic E-state index is 10.3. The summed E-state index contributed by atoms with van der Waals surface area (Å²) >= 11 is 0. The molecule has 1 rings (SSSR count). The molecule has 0 fully saturated rings. The Bertz CT molecular complexity index is 463. The molecule has 7 nitrogen and oxygen atoms in total. The summed E-state index contributed by atoms with van der Waals surface area (Å²) in [6, 6.07) is 3.73. The number of nitrogens with zero attached hydrogens (tertiary/aromatic N) is 2. The number of ether oxygens (including phenoxy) is 1. The predicted octanol–water partition coefficient (Wildman–Crippen LogP) is 1.30. The van der Waals surface area contributed by atoms with Gasteiger partial charge in [0, 0.05) is 19.8 Å². The smallest absolute Gasteiger partial charge is 0.274 e. The van der Waals surface area contributed by atoms with Gasteiger partial charge in [-0.2, -0.15) is 0 Å². The topological polar surface area (TPSA) is 89.3 Å². The van der Waals surface area contributed by atoms with Crippen LogP contribution in [-0.2, 0) is 6.42 Å². The number of methoxy groups -OCH3 is 1. The number of hydrogen-bond acceptors (Lipinski definition) is 6. The lowest BCUT2D eigenvalue weighted by Gasteiger charge is -2.09. The van der Waals surface area contributed by atoms with E-state index in [2.05, 4.69) is 15.6 Å². The minimum absolute atomic E-state index is 0.408. The van der Waals surface area contributed by atoms with Crippen molar-refractivity contribution in [2.45, 2.75) is 19.3 Å². The molecule has 0 aliphatic carbocycles. The number of nitrogens with one attached hydrogen (secondary N) is 2. The van der Waals surface area contributed by atoms with E-state index in [1.807, 2.05) is 12.1 Å². The molecular formula is C13H20N4O3. The van der Waals surface area contributed by atoms with Gasteiger partial charge < -0.3 is 15.4 Å². The van der Waals surface area contributed by atoms with Crippen molar-refractivity contribution < 1.29 is 9.66 Å². The molecule has 0 spiro atoms. The second-order valence-corrected chi connectivity index (χ2v) is 4.11. The molecule has 0 saturated carbocycles. The average Bonchev–Trinajstić information content (AvgIpc) is 2.45. The molecule has 1 heterocycles. The quantitative estimate of drug-likeness (QED) is 0.402. The number of aryl methyl sites for hydroxylation is 1. The third-order valence-electron chi connectivity index (χ3n) is 2.73. The van der Waals surface area contributed by atoms with Crippen LogP contribution < -0.4 is 15.4 Å². The van der Waals surface area contributed by atoms with Crippen LogP contribution in [0.1, 0.15) is 18.5 Å². The van der Waals surface area contributed by atoms with Gasteiger partial charge in [-0.3, -0.25) is 15.1 Å². The van der Waals surface area contributed by atoms with Gasteiger partial charge in [0.1, 0.15) is 5.75 Å². The highest BCUT2D eigenvalue weighted by Gasteiger charge is 2.03. The monoisotopic (exact) mass is 280 g/mol. The van der Waals surface area contributed by atoms with Crippen LogP contribution in [0.4, 0.5) is 0 Å². The average molecular weight is 280 g/mol. The van der Waals surface area contributed by atoms with Gasteiger partial charge in [-0.05, 0) is 31.4 Å². The predicted molar refractivity (Wildman–Crippen MR) is 75.9 cm³/mol. The van der Waals surface area contributed by atoms with Gasteiger partial charge in [-0.15, -0.1) is 0 Å². The summed E-state index contributed by atoms with van der Waals surface area (Å²) in [5.41, 5.74) is 0.935. The van der Waals surface area contributed by atoms with E-state index in [0.717, 1.165) is 36.9 Å². The standard InChI is InChI=1S/C13H20N4O3/c1-14-13(10-17(18)19)16-8-4-3-6-11-12(20-2)7-5-9-15-11/h5,7,9-10,14,16H,3-4,6,8H2,1-2H3/b13-10-. The third-order valence-corrected chi connectivity index (χ3v) is 2.73. The van der Waals surface area contributed by atoms with Crippen LogP contribution in [0.3, 0.4) is 0 Å². The molecule has 0 atom stereocenters. The fourth-order valence-corrected chi connectivity index (χ4v) is 1.74. The van der Waals surface area contributed by atoms with Crippen LogP contribution in [0.2, 0.25) is 0 Å². The van der Waals surface area contributed by atoms with Gasteiger partial charge in [0.05, 0.1) is 17.7 Å². The second-order valence-electron chi connectivity index (χ2n) is 4.11. The van der Waals surface area contributed by atoms with Crippen LogP contribution in [-0.4, -0.2) is 30.6 Å². The van der Waals surface area contributed by atoms with Crippen molar-refractivity contribution in [2.24, 2.45) is 0 Å². The van der Waals surface area contributed by atoms with Crippen molar-refractivity contribution in [3.63, 3.8) is 0 Å². The van der Waals surface area contributed by atoms with E-state index < -0.39 is 4.92 Å². The molecule has 7 heteroatoms. The molecule has 0 aliphatic heterocycles. The number of aromatic nitrogens is 1. The summed E-state index contributed by atoms with van der Waals surface area (Å²) in [5, 5.41) is 16.0. The largest absolute Gasteiger partial charge is 0.495 e. The molecule has 0 radical (unpaired) electrons. The Hall–Kier alpha value is -2.31. The number of nitro groups is 1. The minimum atomic E-state index is -0.489. The van der Waals surface area contributed by atoms with Crippen LogP contribution in [0.25, 0.3) is 0 Å². The van der Waals surface area contributed by atoms with E-state index in [-0.39, 0.29) is 0 Å². The highest BCUT2D eigenvalue weighted by atomic mass is 16.6. The van der Waals surface area contributed by atoms with Crippen LogP contribution >= 0.6 is 0 Å². The molecule has 0 unspecified atom stereocenters.